The molecule has 198 valence electrons. The van der Waals surface area contributed by atoms with E-state index in [1.807, 2.05) is 67.3 Å². The largest absolute Gasteiger partial charge is 0.368 e. The molecular formula is C30H33ClN4O3. The maximum Gasteiger partial charge on any atom is 0.254 e. The van der Waals surface area contributed by atoms with E-state index in [1.165, 1.54) is 0 Å². The lowest BCUT2D eigenvalue weighted by Gasteiger charge is -2.36. The van der Waals surface area contributed by atoms with Crippen LogP contribution in [0.5, 0.6) is 0 Å². The third-order valence-electron chi connectivity index (χ3n) is 6.59. The van der Waals surface area contributed by atoms with Crippen molar-refractivity contribution in [3.63, 3.8) is 0 Å². The second-order valence-corrected chi connectivity index (χ2v) is 9.91. The molecule has 1 heterocycles. The number of carbonyl (C=O) groups excluding carboxylic acids is 3. The van der Waals surface area contributed by atoms with Gasteiger partial charge in [-0.25, -0.2) is 0 Å². The number of anilines is 2. The Labute approximate surface area is 229 Å². The molecule has 38 heavy (non-hydrogen) atoms. The van der Waals surface area contributed by atoms with Crippen molar-refractivity contribution in [2.75, 3.05) is 49.5 Å². The summed E-state index contributed by atoms with van der Waals surface area (Å²) in [5.74, 6) is -0.389. The summed E-state index contributed by atoms with van der Waals surface area (Å²) < 4.78 is 0. The molecular weight excluding hydrogens is 500 g/mol. The predicted octanol–water partition coefficient (Wildman–Crippen LogP) is 5.10. The lowest BCUT2D eigenvalue weighted by Crippen LogP contribution is -2.48. The summed E-state index contributed by atoms with van der Waals surface area (Å²) in [5.41, 5.74) is 4.06. The van der Waals surface area contributed by atoms with Gasteiger partial charge in [0.15, 0.2) is 0 Å². The molecule has 0 unspecified atom stereocenters. The number of nitrogens with one attached hydrogen (secondary N) is 1. The molecule has 0 saturated carbocycles. The molecule has 3 aromatic carbocycles. The van der Waals surface area contributed by atoms with Crippen LogP contribution in [0.3, 0.4) is 0 Å². The first-order valence-corrected chi connectivity index (χ1v) is 13.3. The summed E-state index contributed by atoms with van der Waals surface area (Å²) in [4.78, 5) is 44.1. The molecule has 0 radical (unpaired) electrons. The van der Waals surface area contributed by atoms with Crippen LogP contribution in [0, 0.1) is 6.92 Å². The topological polar surface area (TPSA) is 73.0 Å². The van der Waals surface area contributed by atoms with Crippen LogP contribution >= 0.6 is 11.6 Å². The van der Waals surface area contributed by atoms with Crippen molar-refractivity contribution >= 4 is 40.7 Å². The Balaban J connectivity index is 1.29. The molecule has 1 saturated heterocycles. The SMILES string of the molecule is CCCN(CC(=O)Nc1ccc(N2CCN(C(=O)c3ccc(C)cc3)CC2)cc1)C(=O)c1ccc(Cl)cc1. The van der Waals surface area contributed by atoms with Gasteiger partial charge in [0.1, 0.15) is 6.54 Å². The van der Waals surface area contributed by atoms with Gasteiger partial charge in [0.25, 0.3) is 11.8 Å². The first kappa shape index (κ1) is 27.2. The first-order chi connectivity index (χ1) is 18.3. The number of carbonyl (C=O) groups is 3. The molecule has 0 aromatic heterocycles. The zero-order valence-corrected chi connectivity index (χ0v) is 22.6. The highest BCUT2D eigenvalue weighted by molar-refractivity contribution is 6.30. The van der Waals surface area contributed by atoms with Crippen molar-refractivity contribution in [3.05, 3.63) is 94.5 Å². The summed E-state index contributed by atoms with van der Waals surface area (Å²) >= 11 is 5.93. The van der Waals surface area contributed by atoms with Crippen LogP contribution in [-0.4, -0.2) is 66.8 Å². The predicted molar refractivity (Wildman–Crippen MR) is 152 cm³/mol. The number of hydrogen-bond acceptors (Lipinski definition) is 4. The standard InChI is InChI=1S/C30H33ClN4O3/c1-3-16-35(30(38)24-8-10-25(31)11-9-24)21-28(36)32-26-12-14-27(15-13-26)33-17-19-34(20-18-33)29(37)23-6-4-22(2)5-7-23/h4-15H,3,16-21H2,1-2H3,(H,32,36). The quantitative estimate of drug-likeness (QED) is 0.438. The Kier molecular flexibility index (Phi) is 9.02. The molecule has 7 nitrogen and oxygen atoms in total. The fraction of sp³-hybridized carbons (Fsp3) is 0.300. The second kappa shape index (κ2) is 12.6. The molecule has 0 aliphatic carbocycles. The van der Waals surface area contributed by atoms with Gasteiger partial charge in [-0.15, -0.1) is 0 Å². The van der Waals surface area contributed by atoms with Gasteiger partial charge in [-0.1, -0.05) is 36.2 Å². The zero-order chi connectivity index (χ0) is 27.1. The number of nitrogens with zero attached hydrogens (tertiary/aromatic N) is 3. The van der Waals surface area contributed by atoms with Crippen molar-refractivity contribution in [3.8, 4) is 0 Å². The van der Waals surface area contributed by atoms with Gasteiger partial charge in [-0.2, -0.15) is 0 Å². The number of hydrogen-bond donors (Lipinski definition) is 1. The van der Waals surface area contributed by atoms with Crippen LogP contribution in [0.15, 0.2) is 72.8 Å². The Morgan fingerprint density at radius 1 is 0.842 bits per heavy atom. The monoisotopic (exact) mass is 532 g/mol. The lowest BCUT2D eigenvalue weighted by atomic mass is 10.1. The number of halogens is 1. The number of benzene rings is 3. The summed E-state index contributed by atoms with van der Waals surface area (Å²) in [7, 11) is 0. The van der Waals surface area contributed by atoms with Gasteiger partial charge >= 0.3 is 0 Å². The van der Waals surface area contributed by atoms with E-state index in [9.17, 15) is 14.4 Å². The molecule has 1 N–H and O–H groups in total. The fourth-order valence-electron chi connectivity index (χ4n) is 4.47. The van der Waals surface area contributed by atoms with Crippen LogP contribution in [0.1, 0.15) is 39.6 Å². The molecule has 3 amide bonds. The van der Waals surface area contributed by atoms with Crippen molar-refractivity contribution < 1.29 is 14.4 Å². The summed E-state index contributed by atoms with van der Waals surface area (Å²) in [6.07, 6.45) is 0.741. The highest BCUT2D eigenvalue weighted by Crippen LogP contribution is 2.21. The maximum absolute atomic E-state index is 12.9. The summed E-state index contributed by atoms with van der Waals surface area (Å²) in [6, 6.07) is 22.0. The van der Waals surface area contributed by atoms with Crippen LogP contribution in [0.2, 0.25) is 5.02 Å². The van der Waals surface area contributed by atoms with Crippen LogP contribution in [0.25, 0.3) is 0 Å². The van der Waals surface area contributed by atoms with E-state index in [0.29, 0.717) is 35.9 Å². The van der Waals surface area contributed by atoms with E-state index < -0.39 is 0 Å². The molecule has 3 aromatic rings. The fourth-order valence-corrected chi connectivity index (χ4v) is 4.60. The average molecular weight is 533 g/mol. The Morgan fingerprint density at radius 2 is 1.45 bits per heavy atom. The Morgan fingerprint density at radius 3 is 2.05 bits per heavy atom. The Bertz CT molecular complexity index is 1250. The Hall–Kier alpha value is -3.84. The van der Waals surface area contributed by atoms with Crippen LogP contribution in [0.4, 0.5) is 11.4 Å². The third-order valence-corrected chi connectivity index (χ3v) is 6.84. The van der Waals surface area contributed by atoms with Crippen LogP contribution in [-0.2, 0) is 4.79 Å². The summed E-state index contributed by atoms with van der Waals surface area (Å²) in [5, 5.41) is 3.45. The van der Waals surface area contributed by atoms with Crippen LogP contribution < -0.4 is 10.2 Å². The smallest absolute Gasteiger partial charge is 0.254 e. The summed E-state index contributed by atoms with van der Waals surface area (Å²) in [6.45, 7) is 7.20. The van der Waals surface area contributed by atoms with Crippen molar-refractivity contribution in [1.82, 2.24) is 9.80 Å². The second-order valence-electron chi connectivity index (χ2n) is 9.47. The van der Waals surface area contributed by atoms with Gasteiger partial charge in [0, 0.05) is 60.2 Å². The molecule has 0 spiro atoms. The lowest BCUT2D eigenvalue weighted by molar-refractivity contribution is -0.116. The van der Waals surface area contributed by atoms with E-state index in [-0.39, 0.29) is 24.3 Å². The van der Waals surface area contributed by atoms with E-state index in [4.69, 9.17) is 11.6 Å². The van der Waals surface area contributed by atoms with Crippen molar-refractivity contribution in [2.24, 2.45) is 0 Å². The van der Waals surface area contributed by atoms with Gasteiger partial charge in [0.05, 0.1) is 0 Å². The minimum Gasteiger partial charge on any atom is -0.368 e. The zero-order valence-electron chi connectivity index (χ0n) is 21.8. The van der Waals surface area contributed by atoms with E-state index in [1.54, 1.807) is 29.2 Å². The third kappa shape index (κ3) is 6.92. The van der Waals surface area contributed by atoms with Gasteiger partial charge in [-0.05, 0) is 74.0 Å². The van der Waals surface area contributed by atoms with E-state index in [2.05, 4.69) is 10.2 Å². The van der Waals surface area contributed by atoms with Gasteiger partial charge in [-0.3, -0.25) is 14.4 Å². The molecule has 1 aliphatic rings. The molecule has 8 heteroatoms. The van der Waals surface area contributed by atoms with Crippen molar-refractivity contribution in [2.45, 2.75) is 20.3 Å². The van der Waals surface area contributed by atoms with E-state index >= 15 is 0 Å². The molecule has 0 bridgehead atoms. The molecule has 0 atom stereocenters. The maximum atomic E-state index is 12.9. The minimum atomic E-state index is -0.253. The number of amides is 3. The molecule has 1 fully saturated rings. The molecule has 1 aliphatic heterocycles. The highest BCUT2D eigenvalue weighted by atomic mass is 35.5. The highest BCUT2D eigenvalue weighted by Gasteiger charge is 2.23. The number of rotatable bonds is 8. The minimum absolute atomic E-state index is 0.0337. The normalized spacial score (nSPS) is 13.2. The van der Waals surface area contributed by atoms with E-state index in [0.717, 1.165) is 36.3 Å². The van der Waals surface area contributed by atoms with Gasteiger partial charge in [0.2, 0.25) is 5.91 Å². The number of aryl methyl sites for hydroxylation is 1. The van der Waals surface area contributed by atoms with Gasteiger partial charge < -0.3 is 20.0 Å². The first-order valence-electron chi connectivity index (χ1n) is 12.9. The number of piperazine rings is 1. The average Bonchev–Trinajstić information content (AvgIpc) is 2.93. The van der Waals surface area contributed by atoms with Crippen molar-refractivity contribution in [1.29, 1.82) is 0 Å². The molecule has 4 rings (SSSR count).